The van der Waals surface area contributed by atoms with Crippen molar-refractivity contribution < 1.29 is 13.2 Å². The van der Waals surface area contributed by atoms with Crippen LogP contribution in [0.3, 0.4) is 0 Å². The summed E-state index contributed by atoms with van der Waals surface area (Å²) in [6, 6.07) is 14.2. The number of hydrogen-bond donors (Lipinski definition) is 1. The highest BCUT2D eigenvalue weighted by atomic mass is 32.2. The first kappa shape index (κ1) is 25.6. The Morgan fingerprint density at radius 3 is 2.38 bits per heavy atom. The monoisotopic (exact) mass is 537 g/mol. The van der Waals surface area contributed by atoms with Crippen LogP contribution in [0.2, 0.25) is 0 Å². The molecule has 1 amide bonds. The van der Waals surface area contributed by atoms with E-state index in [0.717, 1.165) is 35.2 Å². The summed E-state index contributed by atoms with van der Waals surface area (Å²) in [6.07, 6.45) is 2.80. The number of hydrogen-bond acceptors (Lipinski definition) is 6. The first-order chi connectivity index (χ1) is 17.5. The van der Waals surface area contributed by atoms with Crippen LogP contribution in [0.5, 0.6) is 0 Å². The Bertz CT molecular complexity index is 1560. The molecule has 5 rings (SSSR count). The van der Waals surface area contributed by atoms with E-state index in [1.165, 1.54) is 33.3 Å². The minimum Gasteiger partial charge on any atom is -0.306 e. The van der Waals surface area contributed by atoms with Gasteiger partial charge in [-0.2, -0.15) is 14.1 Å². The highest BCUT2D eigenvalue weighted by molar-refractivity contribution is 7.89. The summed E-state index contributed by atoms with van der Waals surface area (Å²) in [5.41, 5.74) is 3.24. The number of aromatic nitrogens is 3. The van der Waals surface area contributed by atoms with Gasteiger partial charge in [0.15, 0.2) is 0 Å². The van der Waals surface area contributed by atoms with Crippen LogP contribution in [-0.4, -0.2) is 46.5 Å². The quantitative estimate of drug-likeness (QED) is 0.362. The highest BCUT2D eigenvalue weighted by Gasteiger charge is 2.26. The molecule has 8 nitrogen and oxygen atoms in total. The molecule has 0 unspecified atom stereocenters. The number of benzene rings is 2. The van der Waals surface area contributed by atoms with E-state index >= 15 is 0 Å². The number of anilines is 1. The number of thiazole rings is 1. The van der Waals surface area contributed by atoms with Gasteiger partial charge in [-0.1, -0.05) is 44.6 Å². The molecule has 2 aromatic heterocycles. The molecule has 0 radical (unpaired) electrons. The number of amides is 1. The van der Waals surface area contributed by atoms with Crippen LogP contribution in [0.4, 0.5) is 5.82 Å². The first-order valence-electron chi connectivity index (χ1n) is 12.4. The van der Waals surface area contributed by atoms with Crippen molar-refractivity contribution in [1.82, 2.24) is 19.1 Å². The average molecular weight is 538 g/mol. The van der Waals surface area contributed by atoms with E-state index < -0.39 is 10.0 Å². The molecule has 194 valence electrons. The fourth-order valence-corrected chi connectivity index (χ4v) is 6.91. The molecule has 1 saturated heterocycles. The summed E-state index contributed by atoms with van der Waals surface area (Å²) in [7, 11) is -3.55. The number of carbonyl (C=O) groups excluding carboxylic acids is 1. The lowest BCUT2D eigenvalue weighted by molar-refractivity contribution is 0.102. The van der Waals surface area contributed by atoms with Crippen molar-refractivity contribution in [1.29, 1.82) is 0 Å². The predicted molar refractivity (Wildman–Crippen MR) is 147 cm³/mol. The molecule has 37 heavy (non-hydrogen) atoms. The molecule has 1 fully saturated rings. The number of fused-ring (bicyclic) bond motifs is 1. The minimum atomic E-state index is -3.55. The second kappa shape index (κ2) is 9.66. The molecule has 0 atom stereocenters. The highest BCUT2D eigenvalue weighted by Crippen LogP contribution is 2.32. The van der Waals surface area contributed by atoms with Crippen molar-refractivity contribution in [2.75, 3.05) is 18.4 Å². The van der Waals surface area contributed by atoms with E-state index in [2.05, 4.69) is 43.3 Å². The van der Waals surface area contributed by atoms with E-state index in [0.29, 0.717) is 29.6 Å². The first-order valence-corrected chi connectivity index (χ1v) is 14.7. The topological polar surface area (TPSA) is 97.2 Å². The number of nitrogens with one attached hydrogen (secondary N) is 1. The lowest BCUT2D eigenvalue weighted by Crippen LogP contribution is -2.35. The molecule has 3 heterocycles. The van der Waals surface area contributed by atoms with Crippen molar-refractivity contribution in [2.24, 2.45) is 0 Å². The predicted octanol–water partition coefficient (Wildman–Crippen LogP) is 5.51. The van der Waals surface area contributed by atoms with Gasteiger partial charge in [0, 0.05) is 24.7 Å². The largest absolute Gasteiger partial charge is 0.306 e. The van der Waals surface area contributed by atoms with E-state index in [9.17, 15) is 13.2 Å². The molecule has 4 aromatic rings. The molecule has 0 bridgehead atoms. The number of sulfonamides is 1. The van der Waals surface area contributed by atoms with Gasteiger partial charge in [-0.25, -0.2) is 13.4 Å². The summed E-state index contributed by atoms with van der Waals surface area (Å²) < 4.78 is 30.1. The number of aryl methyl sites for hydroxylation is 1. The molecule has 1 aliphatic heterocycles. The van der Waals surface area contributed by atoms with Gasteiger partial charge >= 0.3 is 0 Å². The van der Waals surface area contributed by atoms with E-state index in [4.69, 9.17) is 4.98 Å². The maximum Gasteiger partial charge on any atom is 0.256 e. The van der Waals surface area contributed by atoms with E-state index in [1.54, 1.807) is 22.9 Å². The Morgan fingerprint density at radius 1 is 1.00 bits per heavy atom. The number of piperidine rings is 1. The summed E-state index contributed by atoms with van der Waals surface area (Å²) in [6.45, 7) is 9.47. The molecular weight excluding hydrogens is 506 g/mol. The second-order valence-electron chi connectivity index (χ2n) is 10.5. The minimum absolute atomic E-state index is 0.0302. The van der Waals surface area contributed by atoms with E-state index in [-0.39, 0.29) is 16.2 Å². The zero-order chi connectivity index (χ0) is 26.4. The van der Waals surface area contributed by atoms with Crippen LogP contribution >= 0.6 is 11.3 Å². The van der Waals surface area contributed by atoms with Crippen molar-refractivity contribution in [3.8, 4) is 5.13 Å². The molecule has 1 N–H and O–H groups in total. The summed E-state index contributed by atoms with van der Waals surface area (Å²) >= 11 is 1.52. The van der Waals surface area contributed by atoms with Crippen LogP contribution in [0.15, 0.2) is 53.4 Å². The SMILES string of the molecule is Cc1cc(NC(=O)c2ccc(S(=O)(=O)N3CCCCC3)cc2)n(-c2nc3ccc(C(C)(C)C)cc3s2)n1. The van der Waals surface area contributed by atoms with Crippen LogP contribution in [0.1, 0.15) is 61.6 Å². The average Bonchev–Trinajstić information content (AvgIpc) is 3.46. The molecule has 0 saturated carbocycles. The maximum atomic E-state index is 13.1. The third-order valence-electron chi connectivity index (χ3n) is 6.57. The number of nitrogens with zero attached hydrogens (tertiary/aromatic N) is 4. The third-order valence-corrected chi connectivity index (χ3v) is 9.47. The smallest absolute Gasteiger partial charge is 0.256 e. The molecule has 0 spiro atoms. The van der Waals surface area contributed by atoms with Crippen LogP contribution < -0.4 is 5.32 Å². The van der Waals surface area contributed by atoms with Gasteiger partial charge < -0.3 is 5.32 Å². The van der Waals surface area contributed by atoms with Gasteiger partial charge in [-0.05, 0) is 67.1 Å². The van der Waals surface area contributed by atoms with Crippen LogP contribution in [0.25, 0.3) is 15.3 Å². The Hall–Kier alpha value is -3.08. The van der Waals surface area contributed by atoms with Crippen LogP contribution in [-0.2, 0) is 15.4 Å². The zero-order valence-corrected chi connectivity index (χ0v) is 23.1. The Balaban J connectivity index is 1.38. The number of carbonyl (C=O) groups is 1. The van der Waals surface area contributed by atoms with Gasteiger partial charge in [0.05, 0.1) is 20.8 Å². The van der Waals surface area contributed by atoms with Gasteiger partial charge in [0.25, 0.3) is 5.91 Å². The molecule has 0 aliphatic carbocycles. The van der Waals surface area contributed by atoms with Gasteiger partial charge in [0.1, 0.15) is 5.82 Å². The van der Waals surface area contributed by atoms with Gasteiger partial charge in [0.2, 0.25) is 15.2 Å². The van der Waals surface area contributed by atoms with Crippen molar-refractivity contribution >= 4 is 43.3 Å². The number of rotatable bonds is 5. The van der Waals surface area contributed by atoms with Crippen molar-refractivity contribution in [3.05, 3.63) is 65.4 Å². The van der Waals surface area contributed by atoms with Crippen LogP contribution in [0, 0.1) is 6.92 Å². The van der Waals surface area contributed by atoms with Gasteiger partial charge in [-0.3, -0.25) is 4.79 Å². The van der Waals surface area contributed by atoms with Crippen molar-refractivity contribution in [3.63, 3.8) is 0 Å². The Kier molecular flexibility index (Phi) is 6.68. The Labute approximate surface area is 221 Å². The van der Waals surface area contributed by atoms with E-state index in [1.807, 2.05) is 13.0 Å². The fraction of sp³-hybridized carbons (Fsp3) is 0.370. The maximum absolute atomic E-state index is 13.1. The zero-order valence-electron chi connectivity index (χ0n) is 21.5. The second-order valence-corrected chi connectivity index (χ2v) is 13.4. The van der Waals surface area contributed by atoms with Gasteiger partial charge in [-0.15, -0.1) is 0 Å². The summed E-state index contributed by atoms with van der Waals surface area (Å²) in [5.74, 6) is 0.154. The summed E-state index contributed by atoms with van der Waals surface area (Å²) in [5, 5.41) is 8.13. The van der Waals surface area contributed by atoms with Crippen molar-refractivity contribution in [2.45, 2.75) is 57.3 Å². The molecule has 1 aliphatic rings. The lowest BCUT2D eigenvalue weighted by atomic mass is 9.87. The molecule has 2 aromatic carbocycles. The standard InChI is InChI=1S/C27H31N5O3S2/c1-18-16-24(32(30-18)26-28-22-13-10-20(27(2,3)4)17-23(22)36-26)29-25(33)19-8-11-21(12-9-19)37(34,35)31-14-6-5-7-15-31/h8-13,16-17H,5-7,14-15H2,1-4H3,(H,29,33). The lowest BCUT2D eigenvalue weighted by Gasteiger charge is -2.25. The summed E-state index contributed by atoms with van der Waals surface area (Å²) in [4.78, 5) is 18.0. The normalized spacial score (nSPS) is 15.2. The molecule has 10 heteroatoms. The Morgan fingerprint density at radius 2 is 1.70 bits per heavy atom. The fourth-order valence-electron chi connectivity index (χ4n) is 4.42. The molecular formula is C27H31N5O3S2. The third kappa shape index (κ3) is 5.18.